The number of halogens is 1. The molecule has 1 saturated heterocycles. The highest BCUT2D eigenvalue weighted by Crippen LogP contribution is 2.29. The van der Waals surface area contributed by atoms with Gasteiger partial charge in [-0.3, -0.25) is 5.41 Å². The molecule has 0 bridgehead atoms. The molecule has 3 N–H and O–H groups in total. The molecule has 1 aromatic rings. The molecule has 1 aliphatic rings. The molecule has 0 spiro atoms. The number of hydrogen-bond acceptors (Lipinski definition) is 3. The zero-order valence-electron chi connectivity index (χ0n) is 9.89. The van der Waals surface area contributed by atoms with Crippen LogP contribution in [0.5, 0.6) is 0 Å². The van der Waals surface area contributed by atoms with Gasteiger partial charge in [-0.15, -0.1) is 0 Å². The molecule has 1 aliphatic heterocycles. The van der Waals surface area contributed by atoms with Crippen molar-refractivity contribution in [3.63, 3.8) is 0 Å². The third kappa shape index (κ3) is 2.96. The molecule has 0 atom stereocenters. The van der Waals surface area contributed by atoms with E-state index >= 15 is 0 Å². The molecular formula is C12H17ClN4. The lowest BCUT2D eigenvalue weighted by Gasteiger charge is -2.34. The zero-order chi connectivity index (χ0) is 12.3. The summed E-state index contributed by atoms with van der Waals surface area (Å²) in [4.78, 5) is 3.99. The summed E-state index contributed by atoms with van der Waals surface area (Å²) < 4.78 is 0. The normalized spacial score (nSPS) is 18.7. The summed E-state index contributed by atoms with van der Waals surface area (Å²) in [7, 11) is 0. The highest BCUT2D eigenvalue weighted by molar-refractivity contribution is 6.29. The zero-order valence-corrected chi connectivity index (χ0v) is 10.6. The minimum Gasteiger partial charge on any atom is -0.343 e. The number of nitrogens with zero attached hydrogens (tertiary/aromatic N) is 1. The van der Waals surface area contributed by atoms with E-state index in [4.69, 9.17) is 17.0 Å². The average molecular weight is 253 g/mol. The maximum absolute atomic E-state index is 8.17. The fourth-order valence-electron chi connectivity index (χ4n) is 1.97. The lowest BCUT2D eigenvalue weighted by atomic mass is 9.79. The molecule has 1 aromatic heterocycles. The van der Waals surface area contributed by atoms with Crippen LogP contribution in [0.1, 0.15) is 19.8 Å². The third-order valence-electron chi connectivity index (χ3n) is 3.31. The van der Waals surface area contributed by atoms with Crippen molar-refractivity contribution in [2.75, 3.05) is 18.4 Å². The van der Waals surface area contributed by atoms with Crippen molar-refractivity contribution in [2.24, 2.45) is 5.41 Å². The number of rotatable bonds is 2. The van der Waals surface area contributed by atoms with Crippen molar-refractivity contribution in [2.45, 2.75) is 19.8 Å². The van der Waals surface area contributed by atoms with Gasteiger partial charge in [0.15, 0.2) is 0 Å². The van der Waals surface area contributed by atoms with Gasteiger partial charge in [0.05, 0.1) is 11.9 Å². The predicted molar refractivity (Wildman–Crippen MR) is 70.8 cm³/mol. The lowest BCUT2D eigenvalue weighted by Crippen LogP contribution is -2.42. The van der Waals surface area contributed by atoms with Crippen molar-refractivity contribution in [3.05, 3.63) is 23.5 Å². The van der Waals surface area contributed by atoms with E-state index in [0.717, 1.165) is 31.6 Å². The number of pyridine rings is 1. The minimum atomic E-state index is -0.0646. The third-order valence-corrected chi connectivity index (χ3v) is 3.53. The molecule has 2 rings (SSSR count). The first-order valence-electron chi connectivity index (χ1n) is 5.78. The van der Waals surface area contributed by atoms with Gasteiger partial charge < -0.3 is 10.6 Å². The first-order chi connectivity index (χ1) is 8.10. The van der Waals surface area contributed by atoms with E-state index in [1.807, 2.05) is 6.07 Å². The molecule has 0 aliphatic carbocycles. The second-order valence-electron chi connectivity index (χ2n) is 4.68. The monoisotopic (exact) mass is 252 g/mol. The highest BCUT2D eigenvalue weighted by Gasteiger charge is 2.31. The standard InChI is InChI=1S/C12H17ClN4/c1-12(4-6-15-7-5-12)11(14)17-9-2-3-10(13)16-8-9/h2-3,8,15H,4-7H2,1H3,(H2,14,17). The van der Waals surface area contributed by atoms with E-state index in [1.54, 1.807) is 12.3 Å². The molecule has 1 fully saturated rings. The first kappa shape index (κ1) is 12.3. The molecule has 2 heterocycles. The Labute approximate surface area is 106 Å². The highest BCUT2D eigenvalue weighted by atomic mass is 35.5. The Balaban J connectivity index is 2.03. The Morgan fingerprint density at radius 3 is 2.76 bits per heavy atom. The maximum atomic E-state index is 8.17. The van der Waals surface area contributed by atoms with Gasteiger partial charge in [-0.1, -0.05) is 18.5 Å². The molecule has 5 heteroatoms. The smallest absolute Gasteiger partial charge is 0.129 e. The summed E-state index contributed by atoms with van der Waals surface area (Å²) >= 11 is 5.72. The first-order valence-corrected chi connectivity index (χ1v) is 6.16. The summed E-state index contributed by atoms with van der Waals surface area (Å²) in [5.41, 5.74) is 0.754. The Morgan fingerprint density at radius 2 is 2.18 bits per heavy atom. The largest absolute Gasteiger partial charge is 0.343 e. The SMILES string of the molecule is CC1(C(=N)Nc2ccc(Cl)nc2)CCNCC1. The summed E-state index contributed by atoms with van der Waals surface area (Å²) in [6, 6.07) is 3.57. The molecule has 0 radical (unpaired) electrons. The molecular weight excluding hydrogens is 236 g/mol. The Bertz CT molecular complexity index is 395. The molecule has 0 aromatic carbocycles. The molecule has 4 nitrogen and oxygen atoms in total. The minimum absolute atomic E-state index is 0.0646. The molecule has 0 unspecified atom stereocenters. The van der Waals surface area contributed by atoms with Gasteiger partial charge in [-0.2, -0.15) is 0 Å². The maximum Gasteiger partial charge on any atom is 0.129 e. The second kappa shape index (κ2) is 5.02. The summed E-state index contributed by atoms with van der Waals surface area (Å²) in [5.74, 6) is 0.558. The van der Waals surface area contributed by atoms with Crippen molar-refractivity contribution in [3.8, 4) is 0 Å². The van der Waals surface area contributed by atoms with Crippen LogP contribution in [0.2, 0.25) is 5.15 Å². The van der Waals surface area contributed by atoms with Gasteiger partial charge in [0.25, 0.3) is 0 Å². The van der Waals surface area contributed by atoms with Crippen LogP contribution >= 0.6 is 11.6 Å². The number of anilines is 1. The summed E-state index contributed by atoms with van der Waals surface area (Å²) in [6.45, 7) is 4.07. The number of aromatic nitrogens is 1. The van der Waals surface area contributed by atoms with Gasteiger partial charge in [-0.05, 0) is 38.1 Å². The van der Waals surface area contributed by atoms with Crippen LogP contribution in [0.4, 0.5) is 5.69 Å². The van der Waals surface area contributed by atoms with Gasteiger partial charge >= 0.3 is 0 Å². The quantitative estimate of drug-likeness (QED) is 0.431. The second-order valence-corrected chi connectivity index (χ2v) is 5.07. The van der Waals surface area contributed by atoms with Crippen LogP contribution in [-0.2, 0) is 0 Å². The number of amidine groups is 1. The van der Waals surface area contributed by atoms with Crippen molar-refractivity contribution >= 4 is 23.1 Å². The van der Waals surface area contributed by atoms with E-state index in [9.17, 15) is 0 Å². The lowest BCUT2D eigenvalue weighted by molar-refractivity contribution is 0.326. The van der Waals surface area contributed by atoms with E-state index in [-0.39, 0.29) is 5.41 Å². The molecule has 0 saturated carbocycles. The number of nitrogens with one attached hydrogen (secondary N) is 3. The van der Waals surface area contributed by atoms with Crippen LogP contribution in [0.25, 0.3) is 0 Å². The van der Waals surface area contributed by atoms with Gasteiger partial charge in [0, 0.05) is 5.41 Å². The summed E-state index contributed by atoms with van der Waals surface area (Å²) in [5, 5.41) is 15.1. The van der Waals surface area contributed by atoms with Gasteiger partial charge in [0.2, 0.25) is 0 Å². The Kier molecular flexibility index (Phi) is 3.64. The van der Waals surface area contributed by atoms with Crippen molar-refractivity contribution < 1.29 is 0 Å². The van der Waals surface area contributed by atoms with Crippen LogP contribution in [0.3, 0.4) is 0 Å². The van der Waals surface area contributed by atoms with Crippen LogP contribution in [0.15, 0.2) is 18.3 Å². The molecule has 17 heavy (non-hydrogen) atoms. The van der Waals surface area contributed by atoms with E-state index in [1.165, 1.54) is 0 Å². The van der Waals surface area contributed by atoms with Crippen LogP contribution in [0, 0.1) is 10.8 Å². The van der Waals surface area contributed by atoms with Crippen molar-refractivity contribution in [1.29, 1.82) is 5.41 Å². The Morgan fingerprint density at radius 1 is 1.47 bits per heavy atom. The Hall–Kier alpha value is -1.13. The van der Waals surface area contributed by atoms with Crippen molar-refractivity contribution in [1.82, 2.24) is 10.3 Å². The molecule has 0 amide bonds. The summed E-state index contributed by atoms with van der Waals surface area (Å²) in [6.07, 6.45) is 3.63. The van der Waals surface area contributed by atoms with Gasteiger partial charge in [-0.25, -0.2) is 4.98 Å². The topological polar surface area (TPSA) is 60.8 Å². The number of piperidine rings is 1. The fraction of sp³-hybridized carbons (Fsp3) is 0.500. The van der Waals surface area contributed by atoms with E-state index in [2.05, 4.69) is 22.5 Å². The van der Waals surface area contributed by atoms with Gasteiger partial charge in [0.1, 0.15) is 11.0 Å². The number of hydrogen-bond donors (Lipinski definition) is 3. The molecule has 92 valence electrons. The average Bonchev–Trinajstić information content (AvgIpc) is 2.33. The van der Waals surface area contributed by atoms with E-state index in [0.29, 0.717) is 11.0 Å². The predicted octanol–water partition coefficient (Wildman–Crippen LogP) is 2.51. The fourth-order valence-corrected chi connectivity index (χ4v) is 2.09. The van der Waals surface area contributed by atoms with E-state index < -0.39 is 0 Å². The van der Waals surface area contributed by atoms with Crippen LogP contribution in [-0.4, -0.2) is 23.9 Å². The van der Waals surface area contributed by atoms with Crippen LogP contribution < -0.4 is 10.6 Å².